The fourth-order valence-electron chi connectivity index (χ4n) is 3.91. The van der Waals surface area contributed by atoms with Crippen molar-refractivity contribution in [3.8, 4) is 0 Å². The normalized spacial score (nSPS) is 12.7. The average molecular weight is 557 g/mol. The van der Waals surface area contributed by atoms with Crippen molar-refractivity contribution in [2.75, 3.05) is 17.1 Å². The fourth-order valence-corrected chi connectivity index (χ4v) is 5.33. The monoisotopic (exact) mass is 555 g/mol. The molecule has 0 saturated carbocycles. The lowest BCUT2D eigenvalue weighted by atomic mass is 10.1. The van der Waals surface area contributed by atoms with Gasteiger partial charge in [0.1, 0.15) is 12.6 Å². The molecule has 0 aromatic heterocycles. The number of anilines is 1. The second-order valence-electron chi connectivity index (χ2n) is 9.94. The summed E-state index contributed by atoms with van der Waals surface area (Å²) in [6.45, 7) is 10.5. The Bertz CT molecular complexity index is 1210. The van der Waals surface area contributed by atoms with E-state index in [0.717, 1.165) is 16.1 Å². The molecule has 10 heteroatoms. The maximum Gasteiger partial charge on any atom is 0.244 e. The quantitative estimate of drug-likeness (QED) is 0.466. The van der Waals surface area contributed by atoms with Crippen LogP contribution in [-0.2, 0) is 26.2 Å². The summed E-state index contributed by atoms with van der Waals surface area (Å²) in [7, 11) is -3.82. The Labute approximate surface area is 224 Å². The van der Waals surface area contributed by atoms with Gasteiger partial charge in [-0.2, -0.15) is 0 Å². The number of hydrogen-bond acceptors (Lipinski definition) is 4. The van der Waals surface area contributed by atoms with Gasteiger partial charge in [0.25, 0.3) is 0 Å². The van der Waals surface area contributed by atoms with Gasteiger partial charge in [0.05, 0.1) is 11.9 Å². The number of amides is 2. The summed E-state index contributed by atoms with van der Waals surface area (Å²) in [5, 5.41) is 3.62. The molecule has 2 rings (SSSR count). The van der Waals surface area contributed by atoms with Gasteiger partial charge in [0.2, 0.25) is 21.8 Å². The van der Waals surface area contributed by atoms with E-state index in [4.69, 9.17) is 23.2 Å². The molecule has 2 amide bonds. The maximum atomic E-state index is 13.8. The lowest BCUT2D eigenvalue weighted by Crippen LogP contribution is -2.55. The SMILES string of the molecule is CC[C@H](C(=O)NC(C)(C)C)N(Cc1c(Cl)cccc1Cl)C(=O)CN(c1ccc(C)cc1C)S(C)(=O)=O. The van der Waals surface area contributed by atoms with Crippen LogP contribution in [0.4, 0.5) is 5.69 Å². The minimum absolute atomic E-state index is 0.0576. The van der Waals surface area contributed by atoms with Gasteiger partial charge in [-0.05, 0) is 64.8 Å². The fraction of sp³-hybridized carbons (Fsp3) is 0.462. The standard InChI is InChI=1S/C26H35Cl2N3O4S/c1-8-22(25(33)29-26(4,5)6)30(15-19-20(27)10-9-11-21(19)28)24(32)16-31(36(7,34)35)23-13-12-17(2)14-18(23)3/h9-14,22H,8,15-16H2,1-7H3,(H,29,33)/t22-/m1/s1. The topological polar surface area (TPSA) is 86.8 Å². The van der Waals surface area contributed by atoms with Crippen molar-refractivity contribution in [3.05, 3.63) is 63.1 Å². The van der Waals surface area contributed by atoms with Crippen LogP contribution in [0.1, 0.15) is 50.8 Å². The largest absolute Gasteiger partial charge is 0.350 e. The van der Waals surface area contributed by atoms with E-state index in [-0.39, 0.29) is 12.5 Å². The van der Waals surface area contributed by atoms with Gasteiger partial charge in [0, 0.05) is 27.7 Å². The molecule has 0 spiro atoms. The summed E-state index contributed by atoms with van der Waals surface area (Å²) in [6, 6.07) is 9.45. The summed E-state index contributed by atoms with van der Waals surface area (Å²) in [5.74, 6) is -0.897. The van der Waals surface area contributed by atoms with Crippen LogP contribution in [0, 0.1) is 13.8 Å². The first-order valence-electron chi connectivity index (χ1n) is 11.6. The Balaban J connectivity index is 2.56. The zero-order valence-electron chi connectivity index (χ0n) is 21.9. The van der Waals surface area contributed by atoms with Gasteiger partial charge in [0.15, 0.2) is 0 Å². The molecule has 0 radical (unpaired) electrons. The number of benzene rings is 2. The van der Waals surface area contributed by atoms with Crippen molar-refractivity contribution in [2.45, 2.75) is 66.1 Å². The molecular formula is C26H35Cl2N3O4S. The number of carbonyl (C=O) groups excluding carboxylic acids is 2. The molecule has 2 aromatic rings. The number of aryl methyl sites for hydroxylation is 2. The molecule has 1 N–H and O–H groups in total. The summed E-state index contributed by atoms with van der Waals surface area (Å²) >= 11 is 12.8. The smallest absolute Gasteiger partial charge is 0.244 e. The third-order valence-electron chi connectivity index (χ3n) is 5.57. The van der Waals surface area contributed by atoms with E-state index in [2.05, 4.69) is 5.32 Å². The van der Waals surface area contributed by atoms with Crippen LogP contribution in [-0.4, -0.2) is 49.5 Å². The number of carbonyl (C=O) groups is 2. The summed E-state index contributed by atoms with van der Waals surface area (Å²) < 4.78 is 26.6. The van der Waals surface area contributed by atoms with Gasteiger partial charge in [-0.15, -0.1) is 0 Å². The average Bonchev–Trinajstić information content (AvgIpc) is 2.72. The van der Waals surface area contributed by atoms with Gasteiger partial charge in [-0.3, -0.25) is 13.9 Å². The number of sulfonamides is 1. The van der Waals surface area contributed by atoms with Crippen molar-refractivity contribution < 1.29 is 18.0 Å². The Kier molecular flexibility index (Phi) is 9.84. The lowest BCUT2D eigenvalue weighted by molar-refractivity contribution is -0.141. The highest BCUT2D eigenvalue weighted by Crippen LogP contribution is 2.28. The van der Waals surface area contributed by atoms with E-state index in [1.165, 1.54) is 4.90 Å². The van der Waals surface area contributed by atoms with E-state index in [1.54, 1.807) is 44.2 Å². The first-order valence-corrected chi connectivity index (χ1v) is 14.2. The van der Waals surface area contributed by atoms with Gasteiger partial charge in [-0.25, -0.2) is 8.42 Å². The Morgan fingerprint density at radius 1 is 1.06 bits per heavy atom. The highest BCUT2D eigenvalue weighted by atomic mass is 35.5. The minimum Gasteiger partial charge on any atom is -0.350 e. The highest BCUT2D eigenvalue weighted by molar-refractivity contribution is 7.92. The van der Waals surface area contributed by atoms with Crippen LogP contribution in [0.15, 0.2) is 36.4 Å². The first kappa shape index (κ1) is 29.9. The molecule has 0 fully saturated rings. The van der Waals surface area contributed by atoms with Gasteiger partial charge < -0.3 is 10.2 Å². The molecule has 7 nitrogen and oxygen atoms in total. The van der Waals surface area contributed by atoms with Crippen molar-refractivity contribution >= 4 is 50.7 Å². The third kappa shape index (κ3) is 7.85. The maximum absolute atomic E-state index is 13.8. The molecule has 0 heterocycles. The predicted octanol–water partition coefficient (Wildman–Crippen LogP) is 5.10. The second kappa shape index (κ2) is 11.8. The summed E-state index contributed by atoms with van der Waals surface area (Å²) in [5.41, 5.74) is 2.04. The summed E-state index contributed by atoms with van der Waals surface area (Å²) in [6.07, 6.45) is 1.36. The van der Waals surface area contributed by atoms with E-state index in [1.807, 2.05) is 33.8 Å². The minimum atomic E-state index is -3.82. The molecule has 0 bridgehead atoms. The Morgan fingerprint density at radius 2 is 1.64 bits per heavy atom. The molecule has 0 saturated heterocycles. The second-order valence-corrected chi connectivity index (χ2v) is 12.7. The third-order valence-corrected chi connectivity index (χ3v) is 7.41. The van der Waals surface area contributed by atoms with E-state index in [0.29, 0.717) is 33.3 Å². The number of halogens is 2. The van der Waals surface area contributed by atoms with Crippen LogP contribution >= 0.6 is 23.2 Å². The number of rotatable bonds is 9. The van der Waals surface area contributed by atoms with Crippen molar-refractivity contribution in [1.82, 2.24) is 10.2 Å². The molecule has 36 heavy (non-hydrogen) atoms. The molecule has 2 aromatic carbocycles. The number of hydrogen-bond donors (Lipinski definition) is 1. The van der Waals surface area contributed by atoms with Gasteiger partial charge >= 0.3 is 0 Å². The van der Waals surface area contributed by atoms with Crippen molar-refractivity contribution in [2.24, 2.45) is 0 Å². The predicted molar refractivity (Wildman–Crippen MR) is 147 cm³/mol. The van der Waals surface area contributed by atoms with E-state index in [9.17, 15) is 18.0 Å². The highest BCUT2D eigenvalue weighted by Gasteiger charge is 2.34. The van der Waals surface area contributed by atoms with E-state index >= 15 is 0 Å². The van der Waals surface area contributed by atoms with Crippen molar-refractivity contribution in [1.29, 1.82) is 0 Å². The Hall–Kier alpha value is -2.29. The van der Waals surface area contributed by atoms with Crippen LogP contribution in [0.25, 0.3) is 0 Å². The lowest BCUT2D eigenvalue weighted by Gasteiger charge is -2.35. The van der Waals surface area contributed by atoms with Crippen molar-refractivity contribution in [3.63, 3.8) is 0 Å². The zero-order chi connectivity index (χ0) is 27.4. The first-order chi connectivity index (χ1) is 16.5. The van der Waals surface area contributed by atoms with Crippen LogP contribution in [0.5, 0.6) is 0 Å². The molecular weight excluding hydrogens is 521 g/mol. The molecule has 0 aliphatic carbocycles. The van der Waals surface area contributed by atoms with Crippen LogP contribution < -0.4 is 9.62 Å². The number of nitrogens with zero attached hydrogens (tertiary/aromatic N) is 2. The molecule has 0 aliphatic heterocycles. The van der Waals surface area contributed by atoms with Crippen LogP contribution in [0.3, 0.4) is 0 Å². The molecule has 198 valence electrons. The molecule has 0 aliphatic rings. The molecule has 0 unspecified atom stereocenters. The Morgan fingerprint density at radius 3 is 2.11 bits per heavy atom. The number of nitrogens with one attached hydrogen (secondary N) is 1. The van der Waals surface area contributed by atoms with E-state index < -0.39 is 34.1 Å². The zero-order valence-corrected chi connectivity index (χ0v) is 24.2. The summed E-state index contributed by atoms with van der Waals surface area (Å²) in [4.78, 5) is 28.4. The van der Waals surface area contributed by atoms with Gasteiger partial charge in [-0.1, -0.05) is 53.9 Å². The van der Waals surface area contributed by atoms with Crippen LogP contribution in [0.2, 0.25) is 10.0 Å². The molecule has 1 atom stereocenters.